The summed E-state index contributed by atoms with van der Waals surface area (Å²) in [5.41, 5.74) is 2.12. The molecule has 2 heterocycles. The number of hydrogen-bond acceptors (Lipinski definition) is 7. The van der Waals surface area contributed by atoms with Crippen molar-refractivity contribution in [3.05, 3.63) is 31.9 Å². The van der Waals surface area contributed by atoms with Crippen LogP contribution < -0.4 is 5.32 Å². The zero-order chi connectivity index (χ0) is 19.6. The van der Waals surface area contributed by atoms with E-state index in [1.54, 1.807) is 11.6 Å². The molecule has 0 unspecified atom stereocenters. The molecule has 0 bridgehead atoms. The number of anilines is 1. The lowest BCUT2D eigenvalue weighted by Gasteiger charge is -2.07. The largest absolute Gasteiger partial charge is 0.465 e. The van der Waals surface area contributed by atoms with Crippen molar-refractivity contribution in [2.45, 2.75) is 27.3 Å². The maximum Gasteiger partial charge on any atom is 0.348 e. The Bertz CT molecular complexity index is 887. The van der Waals surface area contributed by atoms with Crippen LogP contribution in [-0.4, -0.2) is 41.8 Å². The van der Waals surface area contributed by atoms with E-state index in [1.165, 1.54) is 14.2 Å². The van der Waals surface area contributed by atoms with Gasteiger partial charge in [-0.25, -0.2) is 9.59 Å². The Balaban J connectivity index is 2.32. The van der Waals surface area contributed by atoms with Gasteiger partial charge in [-0.2, -0.15) is 5.10 Å². The standard InChI is InChI=1S/C16H18BrN3O5S/c1-7-11(15(22)24-4)14(26-13(7)16(23)25-5)18-10(21)6-20-9(3)12(17)8(2)19-20/h6H2,1-5H3,(H,18,21). The number of esters is 2. The normalized spacial score (nSPS) is 10.5. The third kappa shape index (κ3) is 3.80. The number of aryl methyl sites for hydroxylation is 1. The van der Waals surface area contributed by atoms with E-state index in [4.69, 9.17) is 9.47 Å². The van der Waals surface area contributed by atoms with E-state index in [0.29, 0.717) is 5.56 Å². The highest BCUT2D eigenvalue weighted by molar-refractivity contribution is 9.10. The zero-order valence-electron chi connectivity index (χ0n) is 14.9. The fourth-order valence-corrected chi connectivity index (χ4v) is 3.78. The minimum Gasteiger partial charge on any atom is -0.465 e. The molecule has 2 aromatic rings. The van der Waals surface area contributed by atoms with Gasteiger partial charge >= 0.3 is 11.9 Å². The Kier molecular flexibility index (Phi) is 6.19. The van der Waals surface area contributed by atoms with Crippen LogP contribution in [0.5, 0.6) is 0 Å². The summed E-state index contributed by atoms with van der Waals surface area (Å²) in [6.45, 7) is 5.22. The van der Waals surface area contributed by atoms with Crippen LogP contribution >= 0.6 is 27.3 Å². The molecule has 0 saturated heterocycles. The predicted octanol–water partition coefficient (Wildman–Crippen LogP) is 2.84. The molecule has 0 spiro atoms. The smallest absolute Gasteiger partial charge is 0.348 e. The fraction of sp³-hybridized carbons (Fsp3) is 0.375. The summed E-state index contributed by atoms with van der Waals surface area (Å²) < 4.78 is 11.9. The molecule has 10 heteroatoms. The van der Waals surface area contributed by atoms with Crippen molar-refractivity contribution < 1.29 is 23.9 Å². The Labute approximate surface area is 162 Å². The third-order valence-electron chi connectivity index (χ3n) is 3.75. The van der Waals surface area contributed by atoms with Gasteiger partial charge in [0, 0.05) is 0 Å². The number of halogens is 1. The van der Waals surface area contributed by atoms with Crippen molar-refractivity contribution in [2.24, 2.45) is 0 Å². The summed E-state index contributed by atoms with van der Waals surface area (Å²) in [4.78, 5) is 36.6. The number of hydrogen-bond donors (Lipinski definition) is 1. The van der Waals surface area contributed by atoms with E-state index in [0.717, 1.165) is 27.2 Å². The van der Waals surface area contributed by atoms with Crippen molar-refractivity contribution >= 4 is 50.1 Å². The van der Waals surface area contributed by atoms with Crippen LogP contribution in [0.25, 0.3) is 0 Å². The van der Waals surface area contributed by atoms with E-state index >= 15 is 0 Å². The van der Waals surface area contributed by atoms with Gasteiger partial charge in [0.05, 0.1) is 35.6 Å². The summed E-state index contributed by atoms with van der Waals surface area (Å²) in [6.07, 6.45) is 0. The Morgan fingerprint density at radius 1 is 1.15 bits per heavy atom. The molecule has 140 valence electrons. The summed E-state index contributed by atoms with van der Waals surface area (Å²) in [6, 6.07) is 0. The van der Waals surface area contributed by atoms with Crippen LogP contribution in [0.4, 0.5) is 5.00 Å². The van der Waals surface area contributed by atoms with E-state index in [1.807, 2.05) is 13.8 Å². The Morgan fingerprint density at radius 3 is 2.27 bits per heavy atom. The molecule has 0 aromatic carbocycles. The summed E-state index contributed by atoms with van der Waals surface area (Å²) >= 11 is 4.38. The first-order valence-corrected chi connectivity index (χ1v) is 9.11. The molecular weight excluding hydrogens is 426 g/mol. The van der Waals surface area contributed by atoms with Crippen LogP contribution in [0, 0.1) is 20.8 Å². The number of nitrogens with zero attached hydrogens (tertiary/aromatic N) is 2. The number of thiophene rings is 1. The highest BCUT2D eigenvalue weighted by Gasteiger charge is 2.27. The van der Waals surface area contributed by atoms with Gasteiger partial charge in [-0.3, -0.25) is 9.48 Å². The number of ether oxygens (including phenoxy) is 2. The zero-order valence-corrected chi connectivity index (χ0v) is 17.3. The molecule has 0 radical (unpaired) electrons. The van der Waals surface area contributed by atoms with Gasteiger partial charge in [0.1, 0.15) is 16.4 Å². The van der Waals surface area contributed by atoms with E-state index in [9.17, 15) is 14.4 Å². The average molecular weight is 444 g/mol. The molecule has 0 fully saturated rings. The molecular formula is C16H18BrN3O5S. The number of methoxy groups -OCH3 is 2. The second-order valence-corrected chi connectivity index (χ2v) is 7.25. The van der Waals surface area contributed by atoms with Gasteiger partial charge in [0.2, 0.25) is 5.91 Å². The number of amides is 1. The summed E-state index contributed by atoms with van der Waals surface area (Å²) in [7, 11) is 2.48. The first-order valence-electron chi connectivity index (χ1n) is 7.50. The number of carbonyl (C=O) groups is 3. The molecule has 26 heavy (non-hydrogen) atoms. The molecule has 0 aliphatic rings. The minimum atomic E-state index is -0.641. The van der Waals surface area contributed by atoms with Gasteiger partial charge < -0.3 is 14.8 Å². The third-order valence-corrected chi connectivity index (χ3v) is 6.08. The average Bonchev–Trinajstić information content (AvgIpc) is 3.05. The topological polar surface area (TPSA) is 99.5 Å². The molecule has 8 nitrogen and oxygen atoms in total. The van der Waals surface area contributed by atoms with Crippen LogP contribution in [0.2, 0.25) is 0 Å². The first kappa shape index (κ1) is 20.1. The fourth-order valence-electron chi connectivity index (χ4n) is 2.37. The van der Waals surface area contributed by atoms with E-state index in [-0.39, 0.29) is 27.9 Å². The molecule has 0 aliphatic carbocycles. The second-order valence-electron chi connectivity index (χ2n) is 5.43. The number of carbonyl (C=O) groups excluding carboxylic acids is 3. The molecule has 0 atom stereocenters. The second kappa shape index (κ2) is 8.00. The van der Waals surface area contributed by atoms with Crippen LogP contribution in [-0.2, 0) is 20.8 Å². The highest BCUT2D eigenvalue weighted by atomic mass is 79.9. The lowest BCUT2D eigenvalue weighted by molar-refractivity contribution is -0.116. The molecule has 2 aromatic heterocycles. The van der Waals surface area contributed by atoms with E-state index in [2.05, 4.69) is 26.3 Å². The van der Waals surface area contributed by atoms with Crippen LogP contribution in [0.3, 0.4) is 0 Å². The summed E-state index contributed by atoms with van der Waals surface area (Å²) in [5, 5.41) is 7.18. The lowest BCUT2D eigenvalue weighted by Crippen LogP contribution is -2.21. The van der Waals surface area contributed by atoms with Crippen molar-refractivity contribution in [3.8, 4) is 0 Å². The van der Waals surface area contributed by atoms with Crippen molar-refractivity contribution in [1.29, 1.82) is 0 Å². The van der Waals surface area contributed by atoms with Crippen molar-refractivity contribution in [1.82, 2.24) is 9.78 Å². The maximum absolute atomic E-state index is 12.4. The number of aromatic nitrogens is 2. The van der Waals surface area contributed by atoms with Crippen LogP contribution in [0.15, 0.2) is 4.47 Å². The van der Waals surface area contributed by atoms with Crippen molar-refractivity contribution in [3.63, 3.8) is 0 Å². The SMILES string of the molecule is COC(=O)c1sc(NC(=O)Cn2nc(C)c(Br)c2C)c(C(=O)OC)c1C. The Morgan fingerprint density at radius 2 is 1.77 bits per heavy atom. The van der Waals surface area contributed by atoms with Crippen LogP contribution in [0.1, 0.15) is 37.0 Å². The first-order chi connectivity index (χ1) is 12.2. The molecule has 0 saturated carbocycles. The monoisotopic (exact) mass is 443 g/mol. The summed E-state index contributed by atoms with van der Waals surface area (Å²) in [5.74, 6) is -1.61. The number of nitrogens with one attached hydrogen (secondary N) is 1. The maximum atomic E-state index is 12.4. The molecule has 2 rings (SSSR count). The minimum absolute atomic E-state index is 0.0383. The molecule has 0 aliphatic heterocycles. The molecule has 1 amide bonds. The number of rotatable bonds is 5. The van der Waals surface area contributed by atoms with Gasteiger partial charge in [-0.1, -0.05) is 0 Å². The van der Waals surface area contributed by atoms with Crippen molar-refractivity contribution in [2.75, 3.05) is 19.5 Å². The quantitative estimate of drug-likeness (QED) is 0.713. The van der Waals surface area contributed by atoms with Gasteiger partial charge in [0.15, 0.2) is 0 Å². The lowest BCUT2D eigenvalue weighted by atomic mass is 10.1. The Hall–Kier alpha value is -2.20. The molecule has 1 N–H and O–H groups in total. The van der Waals surface area contributed by atoms with E-state index < -0.39 is 11.9 Å². The van der Waals surface area contributed by atoms with Gasteiger partial charge in [-0.15, -0.1) is 11.3 Å². The predicted molar refractivity (Wildman–Crippen MR) is 99.8 cm³/mol. The highest BCUT2D eigenvalue weighted by Crippen LogP contribution is 2.34. The van der Waals surface area contributed by atoms with Gasteiger partial charge in [0.25, 0.3) is 0 Å². The van der Waals surface area contributed by atoms with Gasteiger partial charge in [-0.05, 0) is 42.3 Å².